The number of hydrogen-bond acceptors (Lipinski definition) is 4. The van der Waals surface area contributed by atoms with Crippen LogP contribution in [-0.4, -0.2) is 21.0 Å². The fourth-order valence-electron chi connectivity index (χ4n) is 2.35. The smallest absolute Gasteiger partial charge is 0.307 e. The number of esters is 1. The molecule has 0 aliphatic carbocycles. The van der Waals surface area contributed by atoms with E-state index in [1.807, 2.05) is 19.1 Å². The molecule has 0 fully saturated rings. The third-order valence-corrected chi connectivity index (χ3v) is 5.82. The van der Waals surface area contributed by atoms with Crippen molar-refractivity contribution in [1.82, 2.24) is 4.72 Å². The first kappa shape index (κ1) is 20.7. The molecule has 2 rings (SSSR count). The normalized spacial score (nSPS) is 12.6. The fraction of sp³-hybridized carbons (Fsp3) is 0.278. The van der Waals surface area contributed by atoms with Crippen molar-refractivity contribution < 1.29 is 17.9 Å². The van der Waals surface area contributed by atoms with E-state index in [1.54, 1.807) is 19.1 Å². The summed E-state index contributed by atoms with van der Waals surface area (Å²) in [4.78, 5) is 11.8. The van der Waals surface area contributed by atoms with E-state index < -0.39 is 22.0 Å². The highest BCUT2D eigenvalue weighted by molar-refractivity contribution is 7.89. The van der Waals surface area contributed by atoms with Crippen LogP contribution in [0.4, 0.5) is 0 Å². The molecular weight excluding hydrogens is 397 g/mol. The summed E-state index contributed by atoms with van der Waals surface area (Å²) in [6, 6.07) is 10.6. The third kappa shape index (κ3) is 5.45. The molecule has 2 aromatic rings. The second-order valence-corrected chi connectivity index (χ2v) is 8.19. The monoisotopic (exact) mass is 415 g/mol. The Kier molecular flexibility index (Phi) is 7.06. The zero-order valence-corrected chi connectivity index (χ0v) is 16.7. The van der Waals surface area contributed by atoms with E-state index in [0.29, 0.717) is 5.56 Å². The van der Waals surface area contributed by atoms with Crippen molar-refractivity contribution in [3.8, 4) is 0 Å². The van der Waals surface area contributed by atoms with Gasteiger partial charge in [-0.25, -0.2) is 13.1 Å². The van der Waals surface area contributed by atoms with Gasteiger partial charge in [0, 0.05) is 5.02 Å². The van der Waals surface area contributed by atoms with E-state index in [0.717, 1.165) is 5.56 Å². The third-order valence-electron chi connectivity index (χ3n) is 3.64. The lowest BCUT2D eigenvalue weighted by atomic mass is 10.0. The summed E-state index contributed by atoms with van der Waals surface area (Å²) in [6.07, 6.45) is -0.145. The minimum atomic E-state index is -4.01. The molecule has 0 aromatic heterocycles. The molecule has 26 heavy (non-hydrogen) atoms. The van der Waals surface area contributed by atoms with Gasteiger partial charge in [0.25, 0.3) is 0 Å². The first-order valence-corrected chi connectivity index (χ1v) is 10.2. The van der Waals surface area contributed by atoms with Gasteiger partial charge in [0.2, 0.25) is 10.0 Å². The zero-order chi connectivity index (χ0) is 19.3. The molecular formula is C18H19Cl2NO4S. The number of rotatable bonds is 7. The predicted octanol–water partition coefficient (Wildman–Crippen LogP) is 4.27. The van der Waals surface area contributed by atoms with Gasteiger partial charge in [-0.05, 0) is 37.6 Å². The molecule has 5 nitrogen and oxygen atoms in total. The van der Waals surface area contributed by atoms with Crippen molar-refractivity contribution in [1.29, 1.82) is 0 Å². The highest BCUT2D eigenvalue weighted by atomic mass is 35.5. The summed E-state index contributed by atoms with van der Waals surface area (Å²) in [5.41, 5.74) is 1.66. The van der Waals surface area contributed by atoms with Crippen LogP contribution in [-0.2, 0) is 19.6 Å². The second-order valence-electron chi connectivity index (χ2n) is 5.67. The maximum Gasteiger partial charge on any atom is 0.307 e. The number of nitrogens with one attached hydrogen (secondary N) is 1. The molecule has 0 spiro atoms. The molecule has 140 valence electrons. The van der Waals surface area contributed by atoms with Crippen LogP contribution in [0.5, 0.6) is 0 Å². The molecule has 0 saturated carbocycles. The van der Waals surface area contributed by atoms with Crippen LogP contribution in [0.3, 0.4) is 0 Å². The molecule has 0 unspecified atom stereocenters. The molecule has 0 saturated heterocycles. The molecule has 0 amide bonds. The van der Waals surface area contributed by atoms with Crippen LogP contribution in [0.15, 0.2) is 47.4 Å². The molecule has 0 radical (unpaired) electrons. The molecule has 2 aromatic carbocycles. The summed E-state index contributed by atoms with van der Waals surface area (Å²) in [5.74, 6) is -0.502. The van der Waals surface area contributed by atoms with E-state index in [-0.39, 0.29) is 28.0 Å². The Hall–Kier alpha value is -1.60. The SMILES string of the molecule is CCOC(=O)C[C@@H](NS(=O)(=O)c1cc(Cl)ccc1Cl)c1ccc(C)cc1. The lowest BCUT2D eigenvalue weighted by Crippen LogP contribution is -2.31. The largest absolute Gasteiger partial charge is 0.466 e. The van der Waals surface area contributed by atoms with Gasteiger partial charge in [-0.2, -0.15) is 0 Å². The average Bonchev–Trinajstić information content (AvgIpc) is 2.57. The Bertz CT molecular complexity index is 883. The quantitative estimate of drug-likeness (QED) is 0.684. The number of carbonyl (C=O) groups excluding carboxylic acids is 1. The number of sulfonamides is 1. The number of carbonyl (C=O) groups is 1. The second kappa shape index (κ2) is 8.86. The van der Waals surface area contributed by atoms with Gasteiger partial charge >= 0.3 is 5.97 Å². The fourth-order valence-corrected chi connectivity index (χ4v) is 4.33. The number of aryl methyl sites for hydroxylation is 1. The average molecular weight is 416 g/mol. The Balaban J connectivity index is 2.37. The van der Waals surface area contributed by atoms with Crippen LogP contribution < -0.4 is 4.72 Å². The van der Waals surface area contributed by atoms with Crippen LogP contribution >= 0.6 is 23.2 Å². The summed E-state index contributed by atoms with van der Waals surface area (Å²) in [7, 11) is -4.01. The first-order valence-electron chi connectivity index (χ1n) is 7.92. The van der Waals surface area contributed by atoms with Crippen LogP contribution in [0.2, 0.25) is 10.0 Å². The highest BCUT2D eigenvalue weighted by Gasteiger charge is 2.26. The summed E-state index contributed by atoms with van der Waals surface area (Å²) < 4.78 is 33.1. The molecule has 8 heteroatoms. The van der Waals surface area contributed by atoms with Crippen molar-refractivity contribution in [3.63, 3.8) is 0 Å². The van der Waals surface area contributed by atoms with Crippen molar-refractivity contribution in [2.75, 3.05) is 6.61 Å². The van der Waals surface area contributed by atoms with Crippen molar-refractivity contribution in [2.24, 2.45) is 0 Å². The number of halogens is 2. The van der Waals surface area contributed by atoms with Crippen LogP contribution in [0.1, 0.15) is 30.5 Å². The Morgan fingerprint density at radius 1 is 1.15 bits per heavy atom. The zero-order valence-electron chi connectivity index (χ0n) is 14.3. The van der Waals surface area contributed by atoms with Crippen LogP contribution in [0, 0.1) is 6.92 Å². The molecule has 1 atom stereocenters. The number of benzene rings is 2. The van der Waals surface area contributed by atoms with Gasteiger partial charge in [-0.3, -0.25) is 4.79 Å². The highest BCUT2D eigenvalue weighted by Crippen LogP contribution is 2.27. The van der Waals surface area contributed by atoms with E-state index in [9.17, 15) is 13.2 Å². The van der Waals surface area contributed by atoms with Crippen molar-refractivity contribution >= 4 is 39.2 Å². The van der Waals surface area contributed by atoms with E-state index in [4.69, 9.17) is 27.9 Å². The molecule has 0 aliphatic heterocycles. The minimum Gasteiger partial charge on any atom is -0.466 e. The summed E-state index contributed by atoms with van der Waals surface area (Å²) in [5, 5.41) is 0.285. The van der Waals surface area contributed by atoms with E-state index in [2.05, 4.69) is 4.72 Å². The van der Waals surface area contributed by atoms with Gasteiger partial charge < -0.3 is 4.74 Å². The topological polar surface area (TPSA) is 72.5 Å². The summed E-state index contributed by atoms with van der Waals surface area (Å²) >= 11 is 11.9. The Labute approximate surface area is 163 Å². The number of hydrogen-bond donors (Lipinski definition) is 1. The minimum absolute atomic E-state index is 0.0423. The van der Waals surface area contributed by atoms with Gasteiger partial charge in [-0.1, -0.05) is 53.0 Å². The van der Waals surface area contributed by atoms with E-state index in [1.165, 1.54) is 18.2 Å². The first-order chi connectivity index (χ1) is 12.2. The maximum absolute atomic E-state index is 12.8. The van der Waals surface area contributed by atoms with Gasteiger partial charge in [-0.15, -0.1) is 0 Å². The molecule has 0 aliphatic rings. The standard InChI is InChI=1S/C18H19Cl2NO4S/c1-3-25-18(22)11-16(13-6-4-12(2)5-7-13)21-26(23,24)17-10-14(19)8-9-15(17)20/h4-10,16,21H,3,11H2,1-2H3/t16-/m1/s1. The Morgan fingerprint density at radius 3 is 2.42 bits per heavy atom. The number of ether oxygens (including phenoxy) is 1. The van der Waals surface area contributed by atoms with Gasteiger partial charge in [0.15, 0.2) is 0 Å². The van der Waals surface area contributed by atoms with E-state index >= 15 is 0 Å². The molecule has 0 bridgehead atoms. The molecule has 1 N–H and O–H groups in total. The predicted molar refractivity (Wildman–Crippen MR) is 102 cm³/mol. The Morgan fingerprint density at radius 2 is 1.81 bits per heavy atom. The molecule has 0 heterocycles. The van der Waals surface area contributed by atoms with Crippen LogP contribution in [0.25, 0.3) is 0 Å². The van der Waals surface area contributed by atoms with Crippen molar-refractivity contribution in [3.05, 3.63) is 63.6 Å². The summed E-state index contributed by atoms with van der Waals surface area (Å²) in [6.45, 7) is 3.82. The van der Waals surface area contributed by atoms with Gasteiger partial charge in [0.05, 0.1) is 24.1 Å². The van der Waals surface area contributed by atoms with Crippen molar-refractivity contribution in [2.45, 2.75) is 31.2 Å². The maximum atomic E-state index is 12.8. The lowest BCUT2D eigenvalue weighted by molar-refractivity contribution is -0.143. The van der Waals surface area contributed by atoms with Gasteiger partial charge in [0.1, 0.15) is 4.90 Å². The lowest BCUT2D eigenvalue weighted by Gasteiger charge is -2.19.